The lowest BCUT2D eigenvalue weighted by Crippen LogP contribution is -1.97. The van der Waals surface area contributed by atoms with Gasteiger partial charge in [0.25, 0.3) is 0 Å². The highest BCUT2D eigenvalue weighted by molar-refractivity contribution is 5.85. The van der Waals surface area contributed by atoms with E-state index in [1.165, 1.54) is 0 Å². The zero-order valence-electron chi connectivity index (χ0n) is 7.22. The van der Waals surface area contributed by atoms with Crippen molar-refractivity contribution in [1.82, 2.24) is 0 Å². The quantitative estimate of drug-likeness (QED) is 0.618. The summed E-state index contributed by atoms with van der Waals surface area (Å²) in [6.07, 6.45) is 2.99. The van der Waals surface area contributed by atoms with Gasteiger partial charge in [-0.25, -0.2) is 4.79 Å². The van der Waals surface area contributed by atoms with Crippen LogP contribution in [0.4, 0.5) is 0 Å². The van der Waals surface area contributed by atoms with Crippen molar-refractivity contribution in [3.05, 3.63) is 11.6 Å². The Labute approximate surface area is 66.9 Å². The highest BCUT2D eigenvalue weighted by atomic mass is 16.4. The van der Waals surface area contributed by atoms with Crippen LogP contribution in [0, 0.1) is 11.3 Å². The van der Waals surface area contributed by atoms with Gasteiger partial charge >= 0.3 is 5.97 Å². The monoisotopic (exact) mass is 154 g/mol. The highest BCUT2D eigenvalue weighted by Crippen LogP contribution is 2.52. The van der Waals surface area contributed by atoms with E-state index in [1.807, 2.05) is 6.08 Å². The molecule has 0 aliphatic heterocycles. The molecule has 1 aliphatic carbocycles. The number of rotatable bonds is 2. The van der Waals surface area contributed by atoms with Gasteiger partial charge in [-0.2, -0.15) is 0 Å². The molecule has 0 aromatic carbocycles. The first-order valence-corrected chi connectivity index (χ1v) is 3.85. The van der Waals surface area contributed by atoms with Crippen molar-refractivity contribution in [3.8, 4) is 0 Å². The molecule has 1 rings (SSSR count). The van der Waals surface area contributed by atoms with Crippen LogP contribution in [0.5, 0.6) is 0 Å². The zero-order chi connectivity index (χ0) is 8.65. The van der Waals surface area contributed by atoms with Crippen molar-refractivity contribution in [2.45, 2.75) is 27.2 Å². The fourth-order valence-corrected chi connectivity index (χ4v) is 1.17. The normalized spacial score (nSPS) is 28.3. The fraction of sp³-hybridized carbons (Fsp3) is 0.667. The average molecular weight is 154 g/mol. The molecule has 2 heteroatoms. The van der Waals surface area contributed by atoms with Crippen LogP contribution in [0.25, 0.3) is 0 Å². The minimum atomic E-state index is -0.798. The Balaban J connectivity index is 2.55. The maximum atomic E-state index is 10.4. The standard InChI is InChI=1S/C9H14O2/c1-6(8(10)11)4-7-5-9(7,2)3/h4,7H,5H2,1-3H3,(H,10,11)/b6-4+. The Morgan fingerprint density at radius 2 is 2.09 bits per heavy atom. The van der Waals surface area contributed by atoms with E-state index >= 15 is 0 Å². The maximum absolute atomic E-state index is 10.4. The van der Waals surface area contributed by atoms with Gasteiger partial charge in [-0.1, -0.05) is 19.9 Å². The Morgan fingerprint density at radius 3 is 2.36 bits per heavy atom. The smallest absolute Gasteiger partial charge is 0.330 e. The van der Waals surface area contributed by atoms with Crippen LogP contribution >= 0.6 is 0 Å². The second kappa shape index (κ2) is 2.36. The SMILES string of the molecule is C/C(=C\C1CC1(C)C)C(=O)O. The molecule has 11 heavy (non-hydrogen) atoms. The number of hydrogen-bond acceptors (Lipinski definition) is 1. The summed E-state index contributed by atoms with van der Waals surface area (Å²) in [5.74, 6) is -0.314. The number of allylic oxidation sites excluding steroid dienone is 1. The van der Waals surface area contributed by atoms with Gasteiger partial charge < -0.3 is 5.11 Å². The third-order valence-corrected chi connectivity index (χ3v) is 2.38. The molecule has 1 saturated carbocycles. The second-order valence-electron chi connectivity index (χ2n) is 3.95. The summed E-state index contributed by atoms with van der Waals surface area (Å²) in [6.45, 7) is 5.96. The van der Waals surface area contributed by atoms with E-state index in [0.717, 1.165) is 6.42 Å². The van der Waals surface area contributed by atoms with Crippen LogP contribution in [-0.4, -0.2) is 11.1 Å². The summed E-state index contributed by atoms with van der Waals surface area (Å²) in [7, 11) is 0. The van der Waals surface area contributed by atoms with Crippen LogP contribution in [0.2, 0.25) is 0 Å². The van der Waals surface area contributed by atoms with Gasteiger partial charge in [-0.05, 0) is 24.7 Å². The molecule has 0 spiro atoms. The fourth-order valence-electron chi connectivity index (χ4n) is 1.17. The number of hydrogen-bond donors (Lipinski definition) is 1. The van der Waals surface area contributed by atoms with Crippen molar-refractivity contribution in [2.24, 2.45) is 11.3 Å². The van der Waals surface area contributed by atoms with Crippen LogP contribution in [0.3, 0.4) is 0 Å². The van der Waals surface area contributed by atoms with Gasteiger partial charge in [0, 0.05) is 5.57 Å². The second-order valence-corrected chi connectivity index (χ2v) is 3.95. The van der Waals surface area contributed by atoms with E-state index in [1.54, 1.807) is 6.92 Å². The number of carbonyl (C=O) groups is 1. The first-order chi connectivity index (χ1) is 4.93. The summed E-state index contributed by atoms with van der Waals surface area (Å²) in [4.78, 5) is 10.4. The number of aliphatic carboxylic acids is 1. The predicted octanol–water partition coefficient (Wildman–Crippen LogP) is 2.06. The topological polar surface area (TPSA) is 37.3 Å². The maximum Gasteiger partial charge on any atom is 0.330 e. The lowest BCUT2D eigenvalue weighted by molar-refractivity contribution is -0.132. The zero-order valence-corrected chi connectivity index (χ0v) is 7.22. The van der Waals surface area contributed by atoms with Gasteiger partial charge in [0.15, 0.2) is 0 Å². The third-order valence-electron chi connectivity index (χ3n) is 2.38. The molecule has 0 aromatic heterocycles. The first-order valence-electron chi connectivity index (χ1n) is 3.85. The third kappa shape index (κ3) is 1.82. The first kappa shape index (κ1) is 8.31. The van der Waals surface area contributed by atoms with E-state index < -0.39 is 5.97 Å². The molecule has 1 aliphatic rings. The highest BCUT2D eigenvalue weighted by Gasteiger charge is 2.43. The molecule has 0 saturated heterocycles. The van der Waals surface area contributed by atoms with E-state index in [0.29, 0.717) is 16.9 Å². The van der Waals surface area contributed by atoms with E-state index in [4.69, 9.17) is 5.11 Å². The minimum Gasteiger partial charge on any atom is -0.478 e. The van der Waals surface area contributed by atoms with Gasteiger partial charge in [0.2, 0.25) is 0 Å². The molecule has 0 bridgehead atoms. The average Bonchev–Trinajstić information content (AvgIpc) is 2.39. The van der Waals surface area contributed by atoms with Crippen molar-refractivity contribution < 1.29 is 9.90 Å². The van der Waals surface area contributed by atoms with E-state index in [-0.39, 0.29) is 0 Å². The molecule has 0 aromatic rings. The molecule has 62 valence electrons. The lowest BCUT2D eigenvalue weighted by atomic mass is 10.1. The molecule has 1 N–H and O–H groups in total. The number of carboxylic acids is 1. The van der Waals surface area contributed by atoms with E-state index in [2.05, 4.69) is 13.8 Å². The summed E-state index contributed by atoms with van der Waals surface area (Å²) < 4.78 is 0. The molecule has 1 unspecified atom stereocenters. The van der Waals surface area contributed by atoms with Gasteiger partial charge in [0.1, 0.15) is 0 Å². The van der Waals surface area contributed by atoms with Crippen molar-refractivity contribution in [3.63, 3.8) is 0 Å². The van der Waals surface area contributed by atoms with Gasteiger partial charge in [-0.3, -0.25) is 0 Å². The summed E-state index contributed by atoms with van der Waals surface area (Å²) in [6, 6.07) is 0. The predicted molar refractivity (Wildman–Crippen MR) is 43.3 cm³/mol. The Kier molecular flexibility index (Phi) is 1.78. The Bertz CT molecular complexity index is 214. The molecule has 0 heterocycles. The molecule has 1 fully saturated rings. The number of carboxylic acid groups (broad SMARTS) is 1. The molecular weight excluding hydrogens is 140 g/mol. The van der Waals surface area contributed by atoms with Crippen LogP contribution in [-0.2, 0) is 4.79 Å². The van der Waals surface area contributed by atoms with Crippen LogP contribution < -0.4 is 0 Å². The molecule has 2 nitrogen and oxygen atoms in total. The van der Waals surface area contributed by atoms with Gasteiger partial charge in [0.05, 0.1) is 0 Å². The van der Waals surface area contributed by atoms with E-state index in [9.17, 15) is 4.79 Å². The molecular formula is C9H14O2. The van der Waals surface area contributed by atoms with Gasteiger partial charge in [-0.15, -0.1) is 0 Å². The van der Waals surface area contributed by atoms with Crippen LogP contribution in [0.15, 0.2) is 11.6 Å². The Hall–Kier alpha value is -0.790. The Morgan fingerprint density at radius 1 is 1.64 bits per heavy atom. The summed E-state index contributed by atoms with van der Waals surface area (Å²) in [5, 5.41) is 8.56. The largest absolute Gasteiger partial charge is 0.478 e. The molecule has 0 amide bonds. The summed E-state index contributed by atoms with van der Waals surface area (Å²) >= 11 is 0. The lowest BCUT2D eigenvalue weighted by Gasteiger charge is -1.97. The van der Waals surface area contributed by atoms with Crippen molar-refractivity contribution >= 4 is 5.97 Å². The van der Waals surface area contributed by atoms with Crippen LogP contribution in [0.1, 0.15) is 27.2 Å². The van der Waals surface area contributed by atoms with Crippen molar-refractivity contribution in [2.75, 3.05) is 0 Å². The van der Waals surface area contributed by atoms with Crippen molar-refractivity contribution in [1.29, 1.82) is 0 Å². The molecule has 0 radical (unpaired) electrons. The summed E-state index contributed by atoms with van der Waals surface area (Å²) in [5.41, 5.74) is 0.817. The molecule has 1 atom stereocenters. The minimum absolute atomic E-state index is 0.344.